The van der Waals surface area contributed by atoms with E-state index < -0.39 is 6.03 Å². The van der Waals surface area contributed by atoms with Gasteiger partial charge in [-0.25, -0.2) is 9.18 Å². The molecule has 0 saturated carbocycles. The normalized spacial score (nSPS) is 21.5. The number of halogens is 1. The van der Waals surface area contributed by atoms with Crippen molar-refractivity contribution in [1.82, 2.24) is 15.1 Å². The second-order valence-electron chi connectivity index (χ2n) is 5.90. The highest BCUT2D eigenvalue weighted by Crippen LogP contribution is 2.27. The first-order valence-corrected chi connectivity index (χ1v) is 7.65. The van der Waals surface area contributed by atoms with E-state index >= 15 is 0 Å². The average molecular weight is 319 g/mol. The van der Waals surface area contributed by atoms with Crippen LogP contribution in [0.15, 0.2) is 24.3 Å². The summed E-state index contributed by atoms with van der Waals surface area (Å²) < 4.78 is 13.0. The van der Waals surface area contributed by atoms with Gasteiger partial charge < -0.3 is 9.80 Å². The number of likely N-dealkylation sites (tertiary alicyclic amines) is 1. The Morgan fingerprint density at radius 2 is 1.96 bits per heavy atom. The minimum absolute atomic E-state index is 0.0186. The molecule has 0 spiro atoms. The lowest BCUT2D eigenvalue weighted by molar-refractivity contribution is -0.132. The minimum atomic E-state index is -0.510. The van der Waals surface area contributed by atoms with Gasteiger partial charge in [-0.05, 0) is 24.1 Å². The number of nitrogens with zero attached hydrogens (tertiary/aromatic N) is 2. The van der Waals surface area contributed by atoms with Crippen LogP contribution in [-0.2, 0) is 9.59 Å². The molecule has 2 saturated heterocycles. The van der Waals surface area contributed by atoms with E-state index in [0.717, 1.165) is 12.0 Å². The van der Waals surface area contributed by atoms with Gasteiger partial charge in [-0.3, -0.25) is 14.9 Å². The monoisotopic (exact) mass is 319 g/mol. The minimum Gasteiger partial charge on any atom is -0.341 e. The van der Waals surface area contributed by atoms with Crippen molar-refractivity contribution in [2.75, 3.05) is 26.2 Å². The van der Waals surface area contributed by atoms with Crippen LogP contribution in [0.1, 0.15) is 24.3 Å². The van der Waals surface area contributed by atoms with Crippen LogP contribution in [0, 0.1) is 5.82 Å². The Morgan fingerprint density at radius 3 is 2.65 bits per heavy atom. The standard InChI is InChI=1S/C16H18FN3O3/c17-13-3-1-11(2-4-13)12-5-7-19(9-12)15(22)10-20-8-6-14(21)18-16(20)23/h1-4,12H,5-10H2,(H,18,21,23). The Bertz CT molecular complexity index is 632. The number of carbonyl (C=O) groups is 3. The van der Waals surface area contributed by atoms with E-state index in [9.17, 15) is 18.8 Å². The zero-order valence-corrected chi connectivity index (χ0v) is 12.6. The molecular formula is C16H18FN3O3. The van der Waals surface area contributed by atoms with Gasteiger partial charge >= 0.3 is 6.03 Å². The number of imide groups is 1. The predicted molar refractivity (Wildman–Crippen MR) is 80.1 cm³/mol. The number of rotatable bonds is 3. The summed E-state index contributed by atoms with van der Waals surface area (Å²) in [6.45, 7) is 1.44. The summed E-state index contributed by atoms with van der Waals surface area (Å²) >= 11 is 0. The van der Waals surface area contributed by atoms with Crippen molar-refractivity contribution in [2.24, 2.45) is 0 Å². The third-order valence-corrected chi connectivity index (χ3v) is 4.35. The van der Waals surface area contributed by atoms with Crippen molar-refractivity contribution >= 4 is 17.8 Å². The fourth-order valence-corrected chi connectivity index (χ4v) is 3.01. The Balaban J connectivity index is 1.56. The zero-order valence-electron chi connectivity index (χ0n) is 12.6. The molecule has 2 aliphatic heterocycles. The molecule has 1 aromatic carbocycles. The first-order chi connectivity index (χ1) is 11.0. The second-order valence-corrected chi connectivity index (χ2v) is 5.90. The van der Waals surface area contributed by atoms with Crippen molar-refractivity contribution < 1.29 is 18.8 Å². The average Bonchev–Trinajstić information content (AvgIpc) is 3.01. The molecule has 122 valence electrons. The predicted octanol–water partition coefficient (Wildman–Crippen LogP) is 1.08. The molecule has 2 heterocycles. The largest absolute Gasteiger partial charge is 0.341 e. The lowest BCUT2D eigenvalue weighted by atomic mass is 9.99. The zero-order chi connectivity index (χ0) is 16.4. The molecule has 3 rings (SSSR count). The highest BCUT2D eigenvalue weighted by Gasteiger charge is 2.30. The molecule has 0 radical (unpaired) electrons. The lowest BCUT2D eigenvalue weighted by Gasteiger charge is -2.27. The van der Waals surface area contributed by atoms with Crippen molar-refractivity contribution in [3.8, 4) is 0 Å². The topological polar surface area (TPSA) is 69.7 Å². The van der Waals surface area contributed by atoms with Gasteiger partial charge in [0.15, 0.2) is 0 Å². The molecule has 1 N–H and O–H groups in total. The van der Waals surface area contributed by atoms with E-state index in [4.69, 9.17) is 0 Å². The summed E-state index contributed by atoms with van der Waals surface area (Å²) in [7, 11) is 0. The highest BCUT2D eigenvalue weighted by molar-refractivity contribution is 5.98. The number of urea groups is 1. The molecule has 1 unspecified atom stereocenters. The van der Waals surface area contributed by atoms with Crippen molar-refractivity contribution in [2.45, 2.75) is 18.8 Å². The number of nitrogens with one attached hydrogen (secondary N) is 1. The highest BCUT2D eigenvalue weighted by atomic mass is 19.1. The summed E-state index contributed by atoms with van der Waals surface area (Å²) in [5.74, 6) is -0.517. The van der Waals surface area contributed by atoms with E-state index in [1.165, 1.54) is 17.0 Å². The van der Waals surface area contributed by atoms with Crippen LogP contribution in [0.25, 0.3) is 0 Å². The second kappa shape index (κ2) is 6.36. The third kappa shape index (κ3) is 3.49. The fraction of sp³-hybridized carbons (Fsp3) is 0.438. The van der Waals surface area contributed by atoms with Crippen LogP contribution in [0.3, 0.4) is 0 Å². The van der Waals surface area contributed by atoms with Gasteiger partial charge in [0.2, 0.25) is 11.8 Å². The van der Waals surface area contributed by atoms with Crippen LogP contribution in [-0.4, -0.2) is 53.8 Å². The first-order valence-electron chi connectivity index (χ1n) is 7.65. The SMILES string of the molecule is O=C1CCN(CC(=O)N2CCC(c3ccc(F)cc3)C2)C(=O)N1. The van der Waals surface area contributed by atoms with Crippen LogP contribution in [0.4, 0.5) is 9.18 Å². The van der Waals surface area contributed by atoms with Gasteiger partial charge in [0, 0.05) is 32.0 Å². The summed E-state index contributed by atoms with van der Waals surface area (Å²) in [4.78, 5) is 38.2. The lowest BCUT2D eigenvalue weighted by Crippen LogP contribution is -2.52. The molecule has 2 aliphatic rings. The van der Waals surface area contributed by atoms with Crippen molar-refractivity contribution in [3.63, 3.8) is 0 Å². The van der Waals surface area contributed by atoms with Gasteiger partial charge in [-0.1, -0.05) is 12.1 Å². The van der Waals surface area contributed by atoms with E-state index in [-0.39, 0.29) is 43.1 Å². The Labute approximate surface area is 133 Å². The number of hydrogen-bond acceptors (Lipinski definition) is 3. The van der Waals surface area contributed by atoms with E-state index in [1.807, 2.05) is 0 Å². The summed E-state index contributed by atoms with van der Waals surface area (Å²) in [6, 6.07) is 5.84. The maximum absolute atomic E-state index is 13.0. The Morgan fingerprint density at radius 1 is 1.22 bits per heavy atom. The van der Waals surface area contributed by atoms with Crippen LogP contribution in [0.2, 0.25) is 0 Å². The Hall–Kier alpha value is -2.44. The van der Waals surface area contributed by atoms with Gasteiger partial charge in [0.05, 0.1) is 0 Å². The molecule has 0 aliphatic carbocycles. The van der Waals surface area contributed by atoms with E-state index in [0.29, 0.717) is 13.1 Å². The molecule has 1 aromatic rings. The summed E-state index contributed by atoms with van der Waals surface area (Å²) in [5.41, 5.74) is 1.02. The van der Waals surface area contributed by atoms with Crippen LogP contribution < -0.4 is 5.32 Å². The number of amides is 4. The van der Waals surface area contributed by atoms with E-state index in [2.05, 4.69) is 5.32 Å². The summed E-state index contributed by atoms with van der Waals surface area (Å²) in [6.07, 6.45) is 1.04. The number of benzene rings is 1. The molecule has 7 heteroatoms. The Kier molecular flexibility index (Phi) is 4.27. The molecule has 1 atom stereocenters. The van der Waals surface area contributed by atoms with Crippen molar-refractivity contribution in [3.05, 3.63) is 35.6 Å². The molecule has 0 bridgehead atoms. The number of carbonyl (C=O) groups excluding carboxylic acids is 3. The van der Waals surface area contributed by atoms with Crippen molar-refractivity contribution in [1.29, 1.82) is 0 Å². The third-order valence-electron chi connectivity index (χ3n) is 4.35. The van der Waals surface area contributed by atoms with E-state index in [1.54, 1.807) is 17.0 Å². The first kappa shape index (κ1) is 15.5. The maximum atomic E-state index is 13.0. The molecule has 23 heavy (non-hydrogen) atoms. The van der Waals surface area contributed by atoms with Gasteiger partial charge in [-0.15, -0.1) is 0 Å². The quantitative estimate of drug-likeness (QED) is 0.906. The maximum Gasteiger partial charge on any atom is 0.324 e. The molecule has 0 aromatic heterocycles. The number of hydrogen-bond donors (Lipinski definition) is 1. The fourth-order valence-electron chi connectivity index (χ4n) is 3.01. The molecule has 4 amide bonds. The summed E-state index contributed by atoms with van der Waals surface area (Å²) in [5, 5.41) is 2.21. The molecule has 2 fully saturated rings. The van der Waals surface area contributed by atoms with Gasteiger partial charge in [-0.2, -0.15) is 0 Å². The smallest absolute Gasteiger partial charge is 0.324 e. The van der Waals surface area contributed by atoms with Crippen LogP contribution in [0.5, 0.6) is 0 Å². The molecular weight excluding hydrogens is 301 g/mol. The van der Waals surface area contributed by atoms with Crippen LogP contribution >= 0.6 is 0 Å². The van der Waals surface area contributed by atoms with Gasteiger partial charge in [0.25, 0.3) is 0 Å². The molecule has 6 nitrogen and oxygen atoms in total. The van der Waals surface area contributed by atoms with Gasteiger partial charge in [0.1, 0.15) is 12.4 Å².